The fraction of sp³-hybridized carbons (Fsp3) is 0.714. The van der Waals surface area contributed by atoms with Gasteiger partial charge in [-0.2, -0.15) is 0 Å². The van der Waals surface area contributed by atoms with Gasteiger partial charge in [-0.15, -0.1) is 0 Å². The standard InChI is InChI=1S/C7H14N2/c1-6(2)9-5-7(3)8(9)4/h5-6H,1-4H3. The third-order valence-corrected chi connectivity index (χ3v) is 1.71. The van der Waals surface area contributed by atoms with E-state index in [2.05, 4.69) is 43.4 Å². The van der Waals surface area contributed by atoms with E-state index in [1.165, 1.54) is 5.69 Å². The zero-order valence-electron chi connectivity index (χ0n) is 6.55. The Hall–Kier alpha value is -0.660. The summed E-state index contributed by atoms with van der Waals surface area (Å²) < 4.78 is 4.36. The van der Waals surface area contributed by atoms with Crippen LogP contribution < -0.4 is 0 Å². The monoisotopic (exact) mass is 126 g/mol. The molecule has 2 nitrogen and oxygen atoms in total. The molecule has 0 aliphatic carbocycles. The van der Waals surface area contributed by atoms with Gasteiger partial charge in [0, 0.05) is 25.0 Å². The number of nitrogens with zero attached hydrogens (tertiary/aromatic N) is 2. The fourth-order valence-electron chi connectivity index (χ4n) is 0.983. The van der Waals surface area contributed by atoms with E-state index in [-0.39, 0.29) is 0 Å². The molecular formula is C7H14N2. The quantitative estimate of drug-likeness (QED) is 0.542. The molecule has 0 radical (unpaired) electrons. The first kappa shape index (κ1) is 6.46. The Morgan fingerprint density at radius 3 is 2.11 bits per heavy atom. The lowest BCUT2D eigenvalue weighted by atomic mass is 10.3. The van der Waals surface area contributed by atoms with Crippen LogP contribution in [-0.4, -0.2) is 9.36 Å². The van der Waals surface area contributed by atoms with E-state index in [9.17, 15) is 0 Å². The molecule has 0 atom stereocenters. The minimum Gasteiger partial charge on any atom is -0.292 e. The van der Waals surface area contributed by atoms with Gasteiger partial charge >= 0.3 is 0 Å². The Bertz CT molecular complexity index is 193. The summed E-state index contributed by atoms with van der Waals surface area (Å²) in [5, 5.41) is 0. The van der Waals surface area contributed by atoms with Crippen molar-refractivity contribution in [3.05, 3.63) is 11.9 Å². The molecule has 0 fully saturated rings. The fourth-order valence-corrected chi connectivity index (χ4v) is 0.983. The Morgan fingerprint density at radius 1 is 1.44 bits per heavy atom. The molecule has 0 aliphatic rings. The summed E-state index contributed by atoms with van der Waals surface area (Å²) in [6.07, 6.45) is 2.16. The minimum atomic E-state index is 0.596. The van der Waals surface area contributed by atoms with Gasteiger partial charge in [0.15, 0.2) is 0 Å². The first-order chi connectivity index (χ1) is 4.13. The molecule has 0 aliphatic heterocycles. The van der Waals surface area contributed by atoms with Crippen LogP contribution in [0.25, 0.3) is 0 Å². The first-order valence-electron chi connectivity index (χ1n) is 3.33. The van der Waals surface area contributed by atoms with Crippen LogP contribution in [0.5, 0.6) is 0 Å². The molecule has 1 heterocycles. The average molecular weight is 126 g/mol. The van der Waals surface area contributed by atoms with Crippen molar-refractivity contribution < 1.29 is 0 Å². The van der Waals surface area contributed by atoms with E-state index in [0.29, 0.717) is 6.04 Å². The molecule has 9 heavy (non-hydrogen) atoms. The molecular weight excluding hydrogens is 112 g/mol. The highest BCUT2D eigenvalue weighted by atomic mass is 15.4. The number of hydrogen-bond donors (Lipinski definition) is 0. The lowest BCUT2D eigenvalue weighted by molar-refractivity contribution is 0.390. The molecule has 0 saturated heterocycles. The van der Waals surface area contributed by atoms with Crippen molar-refractivity contribution in [2.75, 3.05) is 0 Å². The molecule has 52 valence electrons. The third-order valence-electron chi connectivity index (χ3n) is 1.71. The van der Waals surface area contributed by atoms with E-state index >= 15 is 0 Å². The van der Waals surface area contributed by atoms with Crippen LogP contribution >= 0.6 is 0 Å². The van der Waals surface area contributed by atoms with Crippen LogP contribution in [0.4, 0.5) is 0 Å². The molecule has 0 unspecified atom stereocenters. The molecule has 1 aromatic rings. The number of rotatable bonds is 1. The second kappa shape index (κ2) is 1.94. The summed E-state index contributed by atoms with van der Waals surface area (Å²) in [6.45, 7) is 6.47. The van der Waals surface area contributed by atoms with Crippen molar-refractivity contribution in [3.63, 3.8) is 0 Å². The van der Waals surface area contributed by atoms with Crippen LogP contribution in [-0.2, 0) is 7.05 Å². The number of hydrogen-bond acceptors (Lipinski definition) is 0. The molecule has 2 heteroatoms. The Morgan fingerprint density at radius 2 is 2.00 bits per heavy atom. The lowest BCUT2D eigenvalue weighted by Crippen LogP contribution is -2.22. The Labute approximate surface area is 56.1 Å². The van der Waals surface area contributed by atoms with Gasteiger partial charge in [-0.25, -0.2) is 0 Å². The molecule has 0 saturated carbocycles. The zero-order chi connectivity index (χ0) is 7.02. The predicted molar refractivity (Wildman–Crippen MR) is 38.5 cm³/mol. The van der Waals surface area contributed by atoms with Crippen molar-refractivity contribution in [2.45, 2.75) is 26.8 Å². The third kappa shape index (κ3) is 0.889. The largest absolute Gasteiger partial charge is 0.292 e. The van der Waals surface area contributed by atoms with Crippen molar-refractivity contribution in [2.24, 2.45) is 7.05 Å². The molecule has 0 amide bonds. The van der Waals surface area contributed by atoms with Crippen molar-refractivity contribution in [3.8, 4) is 0 Å². The topological polar surface area (TPSA) is 9.86 Å². The van der Waals surface area contributed by atoms with Crippen LogP contribution in [0.2, 0.25) is 0 Å². The molecule has 1 rings (SSSR count). The Balaban J connectivity index is 2.79. The van der Waals surface area contributed by atoms with Gasteiger partial charge in [-0.05, 0) is 20.8 Å². The SMILES string of the molecule is Cc1cn(C(C)C)n1C. The maximum atomic E-state index is 2.20. The average Bonchev–Trinajstić information content (AvgIpc) is 1.81. The van der Waals surface area contributed by atoms with E-state index in [4.69, 9.17) is 0 Å². The number of aryl methyl sites for hydroxylation is 1. The second-order valence-electron chi connectivity index (χ2n) is 2.77. The van der Waals surface area contributed by atoms with Gasteiger partial charge in [0.25, 0.3) is 0 Å². The summed E-state index contributed by atoms with van der Waals surface area (Å²) in [6, 6.07) is 0.596. The summed E-state index contributed by atoms with van der Waals surface area (Å²) in [7, 11) is 2.08. The second-order valence-corrected chi connectivity index (χ2v) is 2.77. The minimum absolute atomic E-state index is 0.596. The molecule has 0 bridgehead atoms. The van der Waals surface area contributed by atoms with Gasteiger partial charge in [0.05, 0.1) is 0 Å². The van der Waals surface area contributed by atoms with Crippen LogP contribution in [0.3, 0.4) is 0 Å². The molecule has 0 spiro atoms. The lowest BCUT2D eigenvalue weighted by Gasteiger charge is -2.24. The van der Waals surface area contributed by atoms with Gasteiger partial charge in [-0.1, -0.05) is 0 Å². The van der Waals surface area contributed by atoms with Crippen molar-refractivity contribution in [1.29, 1.82) is 0 Å². The predicted octanol–water partition coefficient (Wildman–Crippen LogP) is 1.72. The van der Waals surface area contributed by atoms with Gasteiger partial charge in [0.2, 0.25) is 0 Å². The van der Waals surface area contributed by atoms with E-state index in [1.54, 1.807) is 0 Å². The highest BCUT2D eigenvalue weighted by Gasteiger charge is 2.03. The normalized spacial score (nSPS) is 11.2. The summed E-state index contributed by atoms with van der Waals surface area (Å²) in [5.41, 5.74) is 1.34. The summed E-state index contributed by atoms with van der Waals surface area (Å²) in [4.78, 5) is 0. The maximum absolute atomic E-state index is 2.20. The molecule has 0 aromatic carbocycles. The van der Waals surface area contributed by atoms with Crippen LogP contribution in [0.1, 0.15) is 25.6 Å². The molecule has 1 aromatic heterocycles. The smallest absolute Gasteiger partial charge is 0.0492 e. The van der Waals surface area contributed by atoms with E-state index in [0.717, 1.165) is 0 Å². The highest BCUT2D eigenvalue weighted by molar-refractivity contribution is 4.96. The Kier molecular flexibility index (Phi) is 1.39. The maximum Gasteiger partial charge on any atom is 0.0492 e. The van der Waals surface area contributed by atoms with E-state index in [1.807, 2.05) is 0 Å². The van der Waals surface area contributed by atoms with Crippen LogP contribution in [0.15, 0.2) is 6.20 Å². The van der Waals surface area contributed by atoms with Crippen molar-refractivity contribution in [1.82, 2.24) is 9.36 Å². The zero-order valence-corrected chi connectivity index (χ0v) is 6.55. The first-order valence-corrected chi connectivity index (χ1v) is 3.33. The van der Waals surface area contributed by atoms with Gasteiger partial charge in [-0.3, -0.25) is 9.36 Å². The van der Waals surface area contributed by atoms with Gasteiger partial charge in [0.1, 0.15) is 0 Å². The van der Waals surface area contributed by atoms with E-state index < -0.39 is 0 Å². The van der Waals surface area contributed by atoms with Crippen molar-refractivity contribution >= 4 is 0 Å². The van der Waals surface area contributed by atoms with Crippen LogP contribution in [0, 0.1) is 6.92 Å². The summed E-state index contributed by atoms with van der Waals surface area (Å²) in [5.74, 6) is 0. The summed E-state index contributed by atoms with van der Waals surface area (Å²) >= 11 is 0. The highest BCUT2D eigenvalue weighted by Crippen LogP contribution is 2.08. The van der Waals surface area contributed by atoms with Gasteiger partial charge < -0.3 is 0 Å². The number of aromatic nitrogens is 2. The molecule has 0 N–H and O–H groups in total.